The summed E-state index contributed by atoms with van der Waals surface area (Å²) in [5.41, 5.74) is 1.80. The zero-order chi connectivity index (χ0) is 11.7. The van der Waals surface area contributed by atoms with Gasteiger partial charge < -0.3 is 0 Å². The van der Waals surface area contributed by atoms with Crippen LogP contribution >= 0.6 is 38.6 Å². The summed E-state index contributed by atoms with van der Waals surface area (Å²) in [4.78, 5) is 14.0. The highest BCUT2D eigenvalue weighted by Gasteiger charge is 2.10. The summed E-state index contributed by atoms with van der Waals surface area (Å²) in [7, 11) is 0. The third-order valence-corrected chi connectivity index (χ3v) is 4.86. The molecule has 3 aromatic heterocycles. The summed E-state index contributed by atoms with van der Waals surface area (Å²) in [6.07, 6.45) is 5.07. The van der Waals surface area contributed by atoms with Gasteiger partial charge in [-0.05, 0) is 27.4 Å². The van der Waals surface area contributed by atoms with Crippen LogP contribution in [0.2, 0.25) is 0 Å². The van der Waals surface area contributed by atoms with E-state index in [1.165, 1.54) is 0 Å². The molecule has 0 atom stereocenters. The van der Waals surface area contributed by atoms with Gasteiger partial charge in [-0.3, -0.25) is 9.97 Å². The Hall–Kier alpha value is -1.11. The highest BCUT2D eigenvalue weighted by atomic mass is 79.9. The SMILES string of the molecule is Brc1ccsc1-c1csc(-c2cnccn2)n1. The molecular formula is C11H6BrN3S2. The van der Waals surface area contributed by atoms with E-state index in [9.17, 15) is 0 Å². The van der Waals surface area contributed by atoms with Crippen molar-refractivity contribution in [2.45, 2.75) is 0 Å². The van der Waals surface area contributed by atoms with E-state index in [2.05, 4.69) is 30.9 Å². The molecule has 0 bridgehead atoms. The van der Waals surface area contributed by atoms with Gasteiger partial charge in [-0.25, -0.2) is 4.98 Å². The van der Waals surface area contributed by atoms with E-state index in [0.717, 1.165) is 25.7 Å². The second-order valence-corrected chi connectivity index (χ2v) is 5.85. The van der Waals surface area contributed by atoms with E-state index < -0.39 is 0 Å². The first-order valence-electron chi connectivity index (χ1n) is 4.80. The Bertz CT molecular complexity index is 633. The maximum Gasteiger partial charge on any atom is 0.144 e. The predicted molar refractivity (Wildman–Crippen MR) is 74.2 cm³/mol. The topological polar surface area (TPSA) is 38.7 Å². The summed E-state index contributed by atoms with van der Waals surface area (Å²) in [5, 5.41) is 4.98. The maximum atomic E-state index is 4.58. The number of nitrogens with zero attached hydrogens (tertiary/aromatic N) is 3. The fraction of sp³-hybridized carbons (Fsp3) is 0. The van der Waals surface area contributed by atoms with E-state index >= 15 is 0 Å². The molecule has 3 heterocycles. The summed E-state index contributed by atoms with van der Waals surface area (Å²) in [6.45, 7) is 0. The maximum absolute atomic E-state index is 4.58. The lowest BCUT2D eigenvalue weighted by atomic mass is 10.4. The van der Waals surface area contributed by atoms with Gasteiger partial charge >= 0.3 is 0 Å². The van der Waals surface area contributed by atoms with Gasteiger partial charge in [0.2, 0.25) is 0 Å². The largest absolute Gasteiger partial charge is 0.261 e. The molecule has 0 aromatic carbocycles. The highest BCUT2D eigenvalue weighted by Crippen LogP contribution is 2.35. The fourth-order valence-electron chi connectivity index (χ4n) is 1.38. The average molecular weight is 324 g/mol. The summed E-state index contributed by atoms with van der Waals surface area (Å²) in [6, 6.07) is 2.03. The zero-order valence-corrected chi connectivity index (χ0v) is 11.7. The summed E-state index contributed by atoms with van der Waals surface area (Å²) >= 11 is 6.77. The summed E-state index contributed by atoms with van der Waals surface area (Å²) < 4.78 is 1.08. The molecule has 0 fully saturated rings. The zero-order valence-electron chi connectivity index (χ0n) is 8.50. The van der Waals surface area contributed by atoms with Crippen molar-refractivity contribution in [1.29, 1.82) is 0 Å². The lowest BCUT2D eigenvalue weighted by molar-refractivity contribution is 1.20. The molecule has 0 aliphatic carbocycles. The predicted octanol–water partition coefficient (Wildman–Crippen LogP) is 4.09. The van der Waals surface area contributed by atoms with Gasteiger partial charge in [0, 0.05) is 22.2 Å². The molecule has 3 aromatic rings. The molecule has 0 saturated heterocycles. The third kappa shape index (κ3) is 2.15. The highest BCUT2D eigenvalue weighted by molar-refractivity contribution is 9.10. The van der Waals surface area contributed by atoms with Crippen molar-refractivity contribution in [2.24, 2.45) is 0 Å². The number of aromatic nitrogens is 3. The van der Waals surface area contributed by atoms with Gasteiger partial charge in [-0.15, -0.1) is 22.7 Å². The van der Waals surface area contributed by atoms with E-state index in [1.54, 1.807) is 41.3 Å². The van der Waals surface area contributed by atoms with Crippen molar-refractivity contribution < 1.29 is 0 Å². The van der Waals surface area contributed by atoms with Crippen molar-refractivity contribution in [3.8, 4) is 21.3 Å². The van der Waals surface area contributed by atoms with Crippen molar-refractivity contribution >= 4 is 38.6 Å². The van der Waals surface area contributed by atoms with Crippen LogP contribution in [0.25, 0.3) is 21.3 Å². The van der Waals surface area contributed by atoms with Crippen LogP contribution in [0.4, 0.5) is 0 Å². The molecule has 0 radical (unpaired) electrons. The molecule has 6 heteroatoms. The van der Waals surface area contributed by atoms with Crippen LogP contribution in [0.3, 0.4) is 0 Å². The number of rotatable bonds is 2. The Labute approximate surface area is 114 Å². The van der Waals surface area contributed by atoms with Crippen LogP contribution in [0.15, 0.2) is 39.9 Å². The Kier molecular flexibility index (Phi) is 3.00. The molecule has 0 amide bonds. The van der Waals surface area contributed by atoms with Crippen molar-refractivity contribution in [1.82, 2.24) is 15.0 Å². The van der Waals surface area contributed by atoms with Gasteiger partial charge in [-0.2, -0.15) is 0 Å². The van der Waals surface area contributed by atoms with Crippen LogP contribution in [-0.4, -0.2) is 15.0 Å². The molecule has 17 heavy (non-hydrogen) atoms. The standard InChI is InChI=1S/C11H6BrN3S2/c12-7-1-4-16-10(7)9-6-17-11(15-9)8-5-13-2-3-14-8/h1-6H. The minimum atomic E-state index is 0.816. The van der Waals surface area contributed by atoms with Gasteiger partial charge in [0.05, 0.1) is 16.8 Å². The monoisotopic (exact) mass is 323 g/mol. The Balaban J connectivity index is 2.02. The van der Waals surface area contributed by atoms with E-state index in [-0.39, 0.29) is 0 Å². The number of thiophene rings is 1. The first-order valence-corrected chi connectivity index (χ1v) is 7.35. The molecule has 3 nitrogen and oxygen atoms in total. The number of halogens is 1. The van der Waals surface area contributed by atoms with Crippen LogP contribution in [-0.2, 0) is 0 Å². The first kappa shape index (κ1) is 11.0. The quantitative estimate of drug-likeness (QED) is 0.713. The lowest BCUT2D eigenvalue weighted by Gasteiger charge is -1.93. The first-order chi connectivity index (χ1) is 8.34. The number of hydrogen-bond acceptors (Lipinski definition) is 5. The van der Waals surface area contributed by atoms with Crippen LogP contribution < -0.4 is 0 Å². The second-order valence-electron chi connectivity index (χ2n) is 3.23. The fourth-order valence-corrected chi connectivity index (χ4v) is 3.76. The van der Waals surface area contributed by atoms with Gasteiger partial charge in [0.25, 0.3) is 0 Å². The lowest BCUT2D eigenvalue weighted by Crippen LogP contribution is -1.83. The smallest absolute Gasteiger partial charge is 0.144 e. The molecule has 0 aliphatic rings. The van der Waals surface area contributed by atoms with Crippen molar-refractivity contribution in [3.63, 3.8) is 0 Å². The Morgan fingerprint density at radius 1 is 1.12 bits per heavy atom. The third-order valence-electron chi connectivity index (χ3n) is 2.14. The van der Waals surface area contributed by atoms with Crippen LogP contribution in [0, 0.1) is 0 Å². The number of thiazole rings is 1. The minimum absolute atomic E-state index is 0.816. The normalized spacial score (nSPS) is 10.6. The van der Waals surface area contributed by atoms with Gasteiger partial charge in [0.1, 0.15) is 10.7 Å². The molecular weight excluding hydrogens is 318 g/mol. The molecule has 0 aliphatic heterocycles. The Morgan fingerprint density at radius 3 is 2.76 bits per heavy atom. The van der Waals surface area contributed by atoms with E-state index in [1.807, 2.05) is 16.8 Å². The molecule has 84 valence electrons. The van der Waals surface area contributed by atoms with E-state index in [4.69, 9.17) is 0 Å². The van der Waals surface area contributed by atoms with E-state index in [0.29, 0.717) is 0 Å². The summed E-state index contributed by atoms with van der Waals surface area (Å²) in [5.74, 6) is 0. The second kappa shape index (κ2) is 4.64. The molecule has 0 spiro atoms. The van der Waals surface area contributed by atoms with Crippen molar-refractivity contribution in [3.05, 3.63) is 39.9 Å². The van der Waals surface area contributed by atoms with Crippen LogP contribution in [0.5, 0.6) is 0 Å². The molecule has 3 rings (SSSR count). The van der Waals surface area contributed by atoms with Crippen LogP contribution in [0.1, 0.15) is 0 Å². The molecule has 0 saturated carbocycles. The molecule has 0 unspecified atom stereocenters. The van der Waals surface area contributed by atoms with Gasteiger partial charge in [-0.1, -0.05) is 0 Å². The van der Waals surface area contributed by atoms with Gasteiger partial charge in [0.15, 0.2) is 0 Å². The Morgan fingerprint density at radius 2 is 2.06 bits per heavy atom. The number of hydrogen-bond donors (Lipinski definition) is 0. The van der Waals surface area contributed by atoms with Crippen molar-refractivity contribution in [2.75, 3.05) is 0 Å². The minimum Gasteiger partial charge on any atom is -0.261 e. The average Bonchev–Trinajstić information content (AvgIpc) is 2.98. The molecule has 0 N–H and O–H groups in total.